The van der Waals surface area contributed by atoms with Crippen molar-refractivity contribution in [2.24, 2.45) is 0 Å². The van der Waals surface area contributed by atoms with Gasteiger partial charge in [-0.05, 0) is 74.1 Å². The van der Waals surface area contributed by atoms with Crippen LogP contribution in [0.4, 0.5) is 8.78 Å². The molecule has 2 N–H and O–H groups in total. The van der Waals surface area contributed by atoms with Crippen molar-refractivity contribution in [1.29, 1.82) is 0 Å². The molecule has 7 heteroatoms. The molecule has 2 aromatic rings. The number of pyridine rings is 1. The van der Waals surface area contributed by atoms with Crippen LogP contribution in [0.3, 0.4) is 0 Å². The smallest absolute Gasteiger partial charge is 0.341 e. The minimum atomic E-state index is -2.63. The van der Waals surface area contributed by atoms with Gasteiger partial charge >= 0.3 is 5.97 Å². The Labute approximate surface area is 174 Å². The largest absolute Gasteiger partial charge is 0.506 e. The number of benzene rings is 1. The lowest BCUT2D eigenvalue weighted by Gasteiger charge is -2.28. The molecule has 0 aliphatic heterocycles. The SMILES string of the molecule is Cc1cc(OCC(=O)O)c(C)c(C)c1Cc1ccc(O)c(C2CCC(F)(F)CC2)n1. The lowest BCUT2D eigenvalue weighted by atomic mass is 9.84. The van der Waals surface area contributed by atoms with Crippen molar-refractivity contribution in [2.45, 2.75) is 64.7 Å². The van der Waals surface area contributed by atoms with E-state index >= 15 is 0 Å². The molecule has 1 aliphatic rings. The number of carbonyl (C=O) groups is 1. The molecule has 0 atom stereocenters. The number of hydrogen-bond acceptors (Lipinski definition) is 4. The molecule has 5 nitrogen and oxygen atoms in total. The van der Waals surface area contributed by atoms with Gasteiger partial charge in [-0.25, -0.2) is 13.6 Å². The van der Waals surface area contributed by atoms with E-state index in [4.69, 9.17) is 9.84 Å². The van der Waals surface area contributed by atoms with Crippen LogP contribution in [0.25, 0.3) is 0 Å². The fourth-order valence-corrected chi connectivity index (χ4v) is 4.06. The molecule has 162 valence electrons. The third-order valence-electron chi connectivity index (χ3n) is 5.98. The van der Waals surface area contributed by atoms with Crippen molar-refractivity contribution in [3.63, 3.8) is 0 Å². The normalized spacial score (nSPS) is 16.4. The fraction of sp³-hybridized carbons (Fsp3) is 0.478. The number of aryl methyl sites for hydroxylation is 1. The molecule has 0 spiro atoms. The second kappa shape index (κ2) is 8.58. The third-order valence-corrected chi connectivity index (χ3v) is 5.98. The van der Waals surface area contributed by atoms with E-state index in [1.807, 2.05) is 26.8 Å². The van der Waals surface area contributed by atoms with Crippen LogP contribution >= 0.6 is 0 Å². The van der Waals surface area contributed by atoms with Crippen LogP contribution in [0.15, 0.2) is 18.2 Å². The van der Waals surface area contributed by atoms with Crippen LogP contribution in [0.5, 0.6) is 11.5 Å². The molecular formula is C23H27F2NO4. The van der Waals surface area contributed by atoms with E-state index in [1.165, 1.54) is 0 Å². The highest BCUT2D eigenvalue weighted by atomic mass is 19.3. The monoisotopic (exact) mass is 419 g/mol. The molecule has 0 bridgehead atoms. The van der Waals surface area contributed by atoms with Gasteiger partial charge in [0, 0.05) is 30.9 Å². The summed E-state index contributed by atoms with van der Waals surface area (Å²) in [7, 11) is 0. The molecule has 3 rings (SSSR count). The first-order chi connectivity index (χ1) is 14.1. The van der Waals surface area contributed by atoms with Crippen molar-refractivity contribution in [3.05, 3.63) is 51.8 Å². The van der Waals surface area contributed by atoms with Gasteiger partial charge in [0.25, 0.3) is 0 Å². The lowest BCUT2D eigenvalue weighted by Crippen LogP contribution is -2.24. The average molecular weight is 419 g/mol. The number of rotatable bonds is 6. The second-order valence-electron chi connectivity index (χ2n) is 8.12. The Kier molecular flexibility index (Phi) is 6.29. The number of aliphatic carboxylic acids is 1. The number of aromatic nitrogens is 1. The summed E-state index contributed by atoms with van der Waals surface area (Å²) in [6.45, 7) is 5.37. The lowest BCUT2D eigenvalue weighted by molar-refractivity contribution is -0.139. The second-order valence-corrected chi connectivity index (χ2v) is 8.12. The summed E-state index contributed by atoms with van der Waals surface area (Å²) >= 11 is 0. The zero-order chi connectivity index (χ0) is 22.1. The van der Waals surface area contributed by atoms with Gasteiger partial charge in [-0.2, -0.15) is 0 Å². The first-order valence-corrected chi connectivity index (χ1v) is 10.1. The van der Waals surface area contributed by atoms with Crippen molar-refractivity contribution in [2.75, 3.05) is 6.61 Å². The van der Waals surface area contributed by atoms with Gasteiger partial charge in [0.05, 0.1) is 5.69 Å². The summed E-state index contributed by atoms with van der Waals surface area (Å²) in [6.07, 6.45) is 0.776. The summed E-state index contributed by atoms with van der Waals surface area (Å²) in [5, 5.41) is 19.1. The Morgan fingerprint density at radius 2 is 1.87 bits per heavy atom. The summed E-state index contributed by atoms with van der Waals surface area (Å²) in [5.41, 5.74) is 5.11. The van der Waals surface area contributed by atoms with E-state index in [-0.39, 0.29) is 24.5 Å². The zero-order valence-electron chi connectivity index (χ0n) is 17.5. The van der Waals surface area contributed by atoms with E-state index < -0.39 is 18.5 Å². The molecule has 1 aromatic carbocycles. The maximum atomic E-state index is 13.5. The highest BCUT2D eigenvalue weighted by molar-refractivity contribution is 5.68. The number of hydrogen-bond donors (Lipinski definition) is 2. The Balaban J connectivity index is 1.84. The highest BCUT2D eigenvalue weighted by Gasteiger charge is 2.36. The van der Waals surface area contributed by atoms with E-state index in [2.05, 4.69) is 4.98 Å². The van der Waals surface area contributed by atoms with Crippen LogP contribution in [0.1, 0.15) is 65.2 Å². The zero-order valence-corrected chi connectivity index (χ0v) is 17.5. The van der Waals surface area contributed by atoms with E-state index in [9.17, 15) is 18.7 Å². The van der Waals surface area contributed by atoms with Crippen LogP contribution in [-0.2, 0) is 11.2 Å². The molecule has 1 aromatic heterocycles. The summed E-state index contributed by atoms with van der Waals surface area (Å²) in [4.78, 5) is 15.4. The topological polar surface area (TPSA) is 79.7 Å². The van der Waals surface area contributed by atoms with Gasteiger partial charge in [-0.3, -0.25) is 4.98 Å². The number of halogens is 2. The predicted molar refractivity (Wildman–Crippen MR) is 109 cm³/mol. The molecule has 0 saturated heterocycles. The van der Waals surface area contributed by atoms with Gasteiger partial charge in [-0.1, -0.05) is 0 Å². The van der Waals surface area contributed by atoms with Gasteiger partial charge < -0.3 is 14.9 Å². The number of ether oxygens (including phenoxy) is 1. The van der Waals surface area contributed by atoms with Crippen LogP contribution in [0.2, 0.25) is 0 Å². The fourth-order valence-electron chi connectivity index (χ4n) is 4.06. The third kappa shape index (κ3) is 4.89. The van der Waals surface area contributed by atoms with Crippen molar-refractivity contribution >= 4 is 5.97 Å². The number of alkyl halides is 2. The standard InChI is InChI=1S/C23H27F2NO4/c1-13-10-20(30-12-21(28)29)15(3)14(2)18(13)11-17-4-5-19(27)22(26-17)16-6-8-23(24,25)9-7-16/h4-5,10,16,27H,6-9,11-12H2,1-3H3,(H,28,29). The minimum absolute atomic E-state index is 0.0519. The van der Waals surface area contributed by atoms with Gasteiger partial charge in [-0.15, -0.1) is 0 Å². The number of carboxylic acid groups (broad SMARTS) is 1. The molecule has 1 aliphatic carbocycles. The molecule has 0 radical (unpaired) electrons. The Morgan fingerprint density at radius 1 is 1.20 bits per heavy atom. The Bertz CT molecular complexity index is 949. The quantitative estimate of drug-likeness (QED) is 0.684. The van der Waals surface area contributed by atoms with Crippen LogP contribution in [-0.4, -0.2) is 33.7 Å². The predicted octanol–water partition coefficient (Wildman–Crippen LogP) is 5.06. The molecule has 1 heterocycles. The van der Waals surface area contributed by atoms with E-state index in [0.29, 0.717) is 30.7 Å². The van der Waals surface area contributed by atoms with Crippen molar-refractivity contribution < 1.29 is 28.5 Å². The van der Waals surface area contributed by atoms with Crippen molar-refractivity contribution in [3.8, 4) is 11.5 Å². The summed E-state index contributed by atoms with van der Waals surface area (Å²) in [6, 6.07) is 5.16. The molecule has 1 saturated carbocycles. The summed E-state index contributed by atoms with van der Waals surface area (Å²) < 4.78 is 32.4. The Morgan fingerprint density at radius 3 is 2.50 bits per heavy atom. The van der Waals surface area contributed by atoms with Crippen LogP contribution < -0.4 is 4.74 Å². The maximum absolute atomic E-state index is 13.5. The van der Waals surface area contributed by atoms with E-state index in [1.54, 1.807) is 12.1 Å². The van der Waals surface area contributed by atoms with Gasteiger partial charge in [0.2, 0.25) is 5.92 Å². The molecule has 30 heavy (non-hydrogen) atoms. The van der Waals surface area contributed by atoms with Crippen molar-refractivity contribution in [1.82, 2.24) is 4.98 Å². The molecule has 0 amide bonds. The number of aromatic hydroxyl groups is 1. The molecule has 0 unspecified atom stereocenters. The minimum Gasteiger partial charge on any atom is -0.506 e. The molecule has 1 fully saturated rings. The summed E-state index contributed by atoms with van der Waals surface area (Å²) in [5.74, 6) is -3.23. The van der Waals surface area contributed by atoms with Gasteiger partial charge in [0.1, 0.15) is 11.5 Å². The first-order valence-electron chi connectivity index (χ1n) is 10.1. The molecular weight excluding hydrogens is 392 g/mol. The van der Waals surface area contributed by atoms with E-state index in [0.717, 1.165) is 27.9 Å². The van der Waals surface area contributed by atoms with Crippen LogP contribution in [0, 0.1) is 20.8 Å². The van der Waals surface area contributed by atoms with Gasteiger partial charge in [0.15, 0.2) is 6.61 Å². The number of carboxylic acids is 1. The number of nitrogens with zero attached hydrogens (tertiary/aromatic N) is 1. The highest BCUT2D eigenvalue weighted by Crippen LogP contribution is 2.42. The first kappa shape index (κ1) is 22.0. The Hall–Kier alpha value is -2.70. The maximum Gasteiger partial charge on any atom is 0.341 e. The average Bonchev–Trinajstić information content (AvgIpc) is 2.68.